The number of methoxy groups -OCH3 is 2. The van der Waals surface area contributed by atoms with Crippen LogP contribution in [0.3, 0.4) is 0 Å². The van der Waals surface area contributed by atoms with E-state index in [1.165, 1.54) is 0 Å². The van der Waals surface area contributed by atoms with E-state index in [2.05, 4.69) is 50.8 Å². The van der Waals surface area contributed by atoms with E-state index in [9.17, 15) is 5.11 Å². The van der Waals surface area contributed by atoms with Crippen molar-refractivity contribution in [2.24, 2.45) is 0 Å². The molecule has 35 heavy (non-hydrogen) atoms. The van der Waals surface area contributed by atoms with Crippen molar-refractivity contribution in [2.75, 3.05) is 19.5 Å². The second kappa shape index (κ2) is 9.31. The van der Waals surface area contributed by atoms with E-state index in [1.54, 1.807) is 20.5 Å². The number of aromatic nitrogens is 4. The molecule has 0 unspecified atom stereocenters. The van der Waals surface area contributed by atoms with Crippen molar-refractivity contribution in [1.29, 1.82) is 0 Å². The van der Waals surface area contributed by atoms with Gasteiger partial charge in [-0.2, -0.15) is 0 Å². The topological polar surface area (TPSA) is 97.2 Å². The predicted molar refractivity (Wildman–Crippen MR) is 138 cm³/mol. The molecular formula is C27H29N5O3. The maximum absolute atomic E-state index is 10.5. The van der Waals surface area contributed by atoms with E-state index in [-0.39, 0.29) is 12.6 Å². The summed E-state index contributed by atoms with van der Waals surface area (Å²) in [5.41, 5.74) is 5.39. The summed E-state index contributed by atoms with van der Waals surface area (Å²) < 4.78 is 13.0. The lowest BCUT2D eigenvalue weighted by Crippen LogP contribution is -2.07. The van der Waals surface area contributed by atoms with E-state index in [1.807, 2.05) is 36.4 Å². The number of benzene rings is 2. The van der Waals surface area contributed by atoms with Gasteiger partial charge in [0.05, 0.1) is 31.9 Å². The lowest BCUT2D eigenvalue weighted by atomic mass is 10.1. The smallest absolute Gasteiger partial charge is 0.146 e. The van der Waals surface area contributed by atoms with E-state index in [0.29, 0.717) is 12.4 Å². The van der Waals surface area contributed by atoms with Gasteiger partial charge in [0, 0.05) is 46.4 Å². The molecule has 0 aliphatic carbocycles. The summed E-state index contributed by atoms with van der Waals surface area (Å²) in [6, 6.07) is 16.1. The molecule has 0 aliphatic heterocycles. The first-order chi connectivity index (χ1) is 17.0. The van der Waals surface area contributed by atoms with Crippen LogP contribution in [0.25, 0.3) is 33.2 Å². The van der Waals surface area contributed by atoms with Crippen LogP contribution in [0.15, 0.2) is 54.9 Å². The second-order valence-electron chi connectivity index (χ2n) is 8.67. The molecule has 0 amide bonds. The number of rotatable bonds is 8. The average molecular weight is 472 g/mol. The molecule has 0 radical (unpaired) electrons. The monoisotopic (exact) mass is 471 g/mol. The van der Waals surface area contributed by atoms with Crippen LogP contribution < -0.4 is 14.8 Å². The Morgan fingerprint density at radius 2 is 1.89 bits per heavy atom. The van der Waals surface area contributed by atoms with E-state index < -0.39 is 0 Å². The standard InChI is InChI=1S/C27H29N5O3/c1-16(2)32-22(14-33)24(21-11-17-7-5-6-8-20(17)31-21)25-26(29-15-30-27(25)32)28-13-18-9-10-19(34-3)12-23(18)35-4/h5-12,15-16,31,33H,13-14H2,1-4H3,(H,28,29,30). The largest absolute Gasteiger partial charge is 0.497 e. The van der Waals surface area contributed by atoms with Crippen LogP contribution in [-0.2, 0) is 13.2 Å². The maximum atomic E-state index is 10.5. The zero-order valence-corrected chi connectivity index (χ0v) is 20.3. The van der Waals surface area contributed by atoms with Crippen LogP contribution in [0.5, 0.6) is 11.5 Å². The van der Waals surface area contributed by atoms with Gasteiger partial charge in [-0.05, 0) is 38.1 Å². The Hall–Kier alpha value is -4.04. The fraction of sp³-hybridized carbons (Fsp3) is 0.259. The van der Waals surface area contributed by atoms with Crippen LogP contribution in [0.2, 0.25) is 0 Å². The molecule has 0 aliphatic rings. The molecule has 0 saturated carbocycles. The molecule has 0 bridgehead atoms. The highest BCUT2D eigenvalue weighted by Crippen LogP contribution is 2.40. The van der Waals surface area contributed by atoms with Gasteiger partial charge >= 0.3 is 0 Å². The summed E-state index contributed by atoms with van der Waals surface area (Å²) in [6.07, 6.45) is 1.56. The van der Waals surface area contributed by atoms with Crippen LogP contribution in [0, 0.1) is 0 Å². The Kier molecular flexibility index (Phi) is 6.05. The van der Waals surface area contributed by atoms with Gasteiger partial charge in [-0.15, -0.1) is 0 Å². The first-order valence-electron chi connectivity index (χ1n) is 11.6. The number of para-hydroxylation sites is 1. The summed E-state index contributed by atoms with van der Waals surface area (Å²) in [6.45, 7) is 4.55. The third kappa shape index (κ3) is 3.95. The summed E-state index contributed by atoms with van der Waals surface area (Å²) in [4.78, 5) is 12.8. The van der Waals surface area contributed by atoms with Gasteiger partial charge in [0.15, 0.2) is 0 Å². The molecule has 2 aromatic carbocycles. The fourth-order valence-electron chi connectivity index (χ4n) is 4.70. The number of anilines is 1. The van der Waals surface area contributed by atoms with Gasteiger partial charge in [0.2, 0.25) is 0 Å². The summed E-state index contributed by atoms with van der Waals surface area (Å²) in [5.74, 6) is 2.15. The number of H-pyrrole nitrogens is 1. The molecule has 8 nitrogen and oxygen atoms in total. The second-order valence-corrected chi connectivity index (χ2v) is 8.67. The highest BCUT2D eigenvalue weighted by atomic mass is 16.5. The van der Waals surface area contributed by atoms with Crippen molar-refractivity contribution >= 4 is 27.8 Å². The Morgan fingerprint density at radius 3 is 2.60 bits per heavy atom. The number of aliphatic hydroxyl groups excluding tert-OH is 1. The van der Waals surface area contributed by atoms with Crippen molar-refractivity contribution in [3.05, 3.63) is 66.1 Å². The van der Waals surface area contributed by atoms with Gasteiger partial charge in [-0.3, -0.25) is 0 Å². The summed E-state index contributed by atoms with van der Waals surface area (Å²) in [7, 11) is 3.28. The minimum Gasteiger partial charge on any atom is -0.497 e. The minimum atomic E-state index is -0.120. The number of fused-ring (bicyclic) bond motifs is 2. The molecule has 0 spiro atoms. The van der Waals surface area contributed by atoms with E-state index in [0.717, 1.165) is 56.0 Å². The molecule has 0 atom stereocenters. The molecule has 3 N–H and O–H groups in total. The number of aliphatic hydroxyl groups is 1. The van der Waals surface area contributed by atoms with E-state index in [4.69, 9.17) is 9.47 Å². The summed E-state index contributed by atoms with van der Waals surface area (Å²) in [5, 5.41) is 15.9. The third-order valence-electron chi connectivity index (χ3n) is 6.29. The Labute approximate surface area is 203 Å². The van der Waals surface area contributed by atoms with Crippen LogP contribution in [0.1, 0.15) is 31.1 Å². The highest BCUT2D eigenvalue weighted by molar-refractivity contribution is 6.04. The van der Waals surface area contributed by atoms with Crippen molar-refractivity contribution in [3.8, 4) is 22.8 Å². The molecule has 3 aromatic heterocycles. The van der Waals surface area contributed by atoms with E-state index >= 15 is 0 Å². The van der Waals surface area contributed by atoms with Crippen LogP contribution in [-0.4, -0.2) is 38.8 Å². The first kappa shape index (κ1) is 22.7. The molecule has 0 fully saturated rings. The van der Waals surface area contributed by atoms with Crippen LogP contribution in [0.4, 0.5) is 5.82 Å². The molecule has 5 rings (SSSR count). The molecule has 3 heterocycles. The van der Waals surface area contributed by atoms with Crippen LogP contribution >= 0.6 is 0 Å². The van der Waals surface area contributed by atoms with Gasteiger partial charge in [0.1, 0.15) is 29.3 Å². The third-order valence-corrected chi connectivity index (χ3v) is 6.29. The predicted octanol–water partition coefficient (Wildman–Crippen LogP) is 5.28. The van der Waals surface area contributed by atoms with Gasteiger partial charge in [0.25, 0.3) is 0 Å². The molecule has 180 valence electrons. The van der Waals surface area contributed by atoms with Crippen molar-refractivity contribution in [2.45, 2.75) is 33.0 Å². The number of hydrogen-bond acceptors (Lipinski definition) is 6. The molecule has 0 saturated heterocycles. The number of nitrogens with one attached hydrogen (secondary N) is 2. The van der Waals surface area contributed by atoms with Gasteiger partial charge in [-0.1, -0.05) is 18.2 Å². The Balaban J connectivity index is 1.67. The quantitative estimate of drug-likeness (QED) is 0.285. The normalized spacial score (nSPS) is 11.5. The first-order valence-corrected chi connectivity index (χ1v) is 11.6. The molecule has 5 aromatic rings. The van der Waals surface area contributed by atoms with Gasteiger partial charge < -0.3 is 29.4 Å². The SMILES string of the molecule is COc1ccc(CNc2ncnc3c2c(-c2cc4ccccc4[nH]2)c(CO)n3C(C)C)c(OC)c1. The fourth-order valence-corrected chi connectivity index (χ4v) is 4.70. The zero-order valence-electron chi connectivity index (χ0n) is 20.3. The highest BCUT2D eigenvalue weighted by Gasteiger charge is 2.25. The average Bonchev–Trinajstić information content (AvgIpc) is 3.46. The Morgan fingerprint density at radius 1 is 1.06 bits per heavy atom. The minimum absolute atomic E-state index is 0.0993. The lowest BCUT2D eigenvalue weighted by Gasteiger charge is -2.13. The number of ether oxygens (including phenoxy) is 2. The van der Waals surface area contributed by atoms with Gasteiger partial charge in [-0.25, -0.2) is 9.97 Å². The number of hydrogen-bond donors (Lipinski definition) is 3. The lowest BCUT2D eigenvalue weighted by molar-refractivity contribution is 0.269. The van der Waals surface area contributed by atoms with Crippen molar-refractivity contribution in [3.63, 3.8) is 0 Å². The number of nitrogens with zero attached hydrogens (tertiary/aromatic N) is 3. The zero-order chi connectivity index (χ0) is 24.5. The molecular weight excluding hydrogens is 442 g/mol. The Bertz CT molecular complexity index is 1470. The van der Waals surface area contributed by atoms with Crippen molar-refractivity contribution in [1.82, 2.24) is 19.5 Å². The maximum Gasteiger partial charge on any atom is 0.146 e. The number of aromatic amines is 1. The molecule has 8 heteroatoms. The summed E-state index contributed by atoms with van der Waals surface area (Å²) >= 11 is 0. The van der Waals surface area contributed by atoms with Crippen molar-refractivity contribution < 1.29 is 14.6 Å².